The van der Waals surface area contributed by atoms with E-state index >= 15 is 0 Å². The molecule has 0 amide bonds. The lowest BCUT2D eigenvalue weighted by Crippen LogP contribution is -2.48. The number of hydrogen-bond acceptors (Lipinski definition) is 2. The number of rotatable bonds is 3. The molecule has 1 saturated carbocycles. The van der Waals surface area contributed by atoms with Crippen LogP contribution < -0.4 is 5.32 Å². The number of aryl methyl sites for hydroxylation is 1. The zero-order valence-electron chi connectivity index (χ0n) is 8.02. The minimum absolute atomic E-state index is 0.00378. The highest BCUT2D eigenvalue weighted by molar-refractivity contribution is 7.10. The zero-order valence-corrected chi connectivity index (χ0v) is 8.83. The number of hydrogen-bond donors (Lipinski definition) is 1. The van der Waals surface area contributed by atoms with Crippen LogP contribution in [-0.2, 0) is 6.54 Å². The van der Waals surface area contributed by atoms with Crippen LogP contribution in [0.1, 0.15) is 23.3 Å². The van der Waals surface area contributed by atoms with Gasteiger partial charge in [-0.25, -0.2) is 8.78 Å². The maximum atomic E-state index is 12.5. The lowest BCUT2D eigenvalue weighted by atomic mass is 9.88. The number of alkyl halides is 2. The molecule has 78 valence electrons. The molecule has 0 bridgehead atoms. The Kier molecular flexibility index (Phi) is 2.58. The van der Waals surface area contributed by atoms with Crippen molar-refractivity contribution in [1.82, 2.24) is 5.32 Å². The van der Waals surface area contributed by atoms with Crippen LogP contribution in [0.4, 0.5) is 8.78 Å². The first-order valence-electron chi connectivity index (χ1n) is 4.71. The van der Waals surface area contributed by atoms with Crippen LogP contribution in [-0.4, -0.2) is 12.0 Å². The lowest BCUT2D eigenvalue weighted by Gasteiger charge is -2.35. The summed E-state index contributed by atoms with van der Waals surface area (Å²) in [7, 11) is 0. The Balaban J connectivity index is 1.77. The van der Waals surface area contributed by atoms with Gasteiger partial charge in [-0.3, -0.25) is 0 Å². The van der Waals surface area contributed by atoms with E-state index in [0.29, 0.717) is 0 Å². The first-order chi connectivity index (χ1) is 6.57. The fraction of sp³-hybridized carbons (Fsp3) is 0.600. The molecule has 0 spiro atoms. The van der Waals surface area contributed by atoms with E-state index in [9.17, 15) is 8.78 Å². The molecule has 1 fully saturated rings. The molecule has 14 heavy (non-hydrogen) atoms. The Bertz CT molecular complexity index is 314. The standard InChI is InChI=1S/C10H13F2NS/c1-7-8(2-3-14-7)6-13-9-4-10(11,12)5-9/h2-3,9,13H,4-6H2,1H3. The summed E-state index contributed by atoms with van der Waals surface area (Å²) in [6.07, 6.45) is -0.00757. The fourth-order valence-corrected chi connectivity index (χ4v) is 2.38. The van der Waals surface area contributed by atoms with E-state index < -0.39 is 5.92 Å². The van der Waals surface area contributed by atoms with E-state index in [1.807, 2.05) is 11.4 Å². The molecule has 0 radical (unpaired) electrons. The topological polar surface area (TPSA) is 12.0 Å². The number of nitrogens with one attached hydrogen (secondary N) is 1. The third kappa shape index (κ3) is 2.12. The number of halogens is 2. The van der Waals surface area contributed by atoms with E-state index in [1.165, 1.54) is 10.4 Å². The van der Waals surface area contributed by atoms with Crippen molar-refractivity contribution in [2.75, 3.05) is 0 Å². The zero-order chi connectivity index (χ0) is 10.2. The Morgan fingerprint density at radius 1 is 1.57 bits per heavy atom. The first kappa shape index (κ1) is 10.1. The fourth-order valence-electron chi connectivity index (χ4n) is 1.65. The third-order valence-electron chi connectivity index (χ3n) is 2.64. The average molecular weight is 217 g/mol. The van der Waals surface area contributed by atoms with Crippen molar-refractivity contribution < 1.29 is 8.78 Å². The Labute approximate surface area is 86.1 Å². The second kappa shape index (κ2) is 3.59. The third-order valence-corrected chi connectivity index (χ3v) is 3.53. The van der Waals surface area contributed by atoms with E-state index in [-0.39, 0.29) is 18.9 Å². The molecule has 1 aliphatic carbocycles. The summed E-state index contributed by atoms with van der Waals surface area (Å²) in [4.78, 5) is 1.27. The molecule has 1 nitrogen and oxygen atoms in total. The van der Waals surface area contributed by atoms with E-state index in [0.717, 1.165) is 6.54 Å². The van der Waals surface area contributed by atoms with Crippen LogP contribution in [0.5, 0.6) is 0 Å². The smallest absolute Gasteiger partial charge is 0.251 e. The van der Waals surface area contributed by atoms with Gasteiger partial charge in [-0.05, 0) is 23.9 Å². The van der Waals surface area contributed by atoms with E-state index in [4.69, 9.17) is 0 Å². The molecule has 0 aromatic carbocycles. The monoisotopic (exact) mass is 217 g/mol. The Hall–Kier alpha value is -0.480. The van der Waals surface area contributed by atoms with Crippen molar-refractivity contribution in [1.29, 1.82) is 0 Å². The molecule has 0 unspecified atom stereocenters. The van der Waals surface area contributed by atoms with Crippen LogP contribution in [0.25, 0.3) is 0 Å². The van der Waals surface area contributed by atoms with Gasteiger partial charge in [0.05, 0.1) is 0 Å². The summed E-state index contributed by atoms with van der Waals surface area (Å²) in [6.45, 7) is 2.77. The molecule has 2 rings (SSSR count). The predicted octanol–water partition coefficient (Wildman–Crippen LogP) is 2.94. The molecular weight excluding hydrogens is 204 g/mol. The predicted molar refractivity (Wildman–Crippen MR) is 53.9 cm³/mol. The van der Waals surface area contributed by atoms with Crippen LogP contribution in [0, 0.1) is 6.92 Å². The van der Waals surface area contributed by atoms with Gasteiger partial charge in [0.2, 0.25) is 0 Å². The SMILES string of the molecule is Cc1sccc1CNC1CC(F)(F)C1. The Morgan fingerprint density at radius 3 is 2.79 bits per heavy atom. The van der Waals surface area contributed by atoms with Crippen molar-refractivity contribution in [2.45, 2.75) is 38.3 Å². The quantitative estimate of drug-likeness (QED) is 0.820. The molecule has 0 aliphatic heterocycles. The van der Waals surface area contributed by atoms with Crippen LogP contribution in [0.15, 0.2) is 11.4 Å². The molecule has 0 saturated heterocycles. The molecule has 1 heterocycles. The van der Waals surface area contributed by atoms with E-state index in [1.54, 1.807) is 11.3 Å². The second-order valence-electron chi connectivity index (χ2n) is 3.84. The molecular formula is C10H13F2NS. The van der Waals surface area contributed by atoms with E-state index in [2.05, 4.69) is 12.2 Å². The highest BCUT2D eigenvalue weighted by Crippen LogP contribution is 2.37. The first-order valence-corrected chi connectivity index (χ1v) is 5.59. The van der Waals surface area contributed by atoms with Gasteiger partial charge in [0.15, 0.2) is 0 Å². The highest BCUT2D eigenvalue weighted by Gasteiger charge is 2.44. The normalized spacial score (nSPS) is 20.8. The van der Waals surface area contributed by atoms with Gasteiger partial charge in [0.25, 0.3) is 5.92 Å². The van der Waals surface area contributed by atoms with Crippen molar-refractivity contribution in [3.05, 3.63) is 21.9 Å². The molecule has 1 aliphatic rings. The summed E-state index contributed by atoms with van der Waals surface area (Å²) < 4.78 is 25.0. The highest BCUT2D eigenvalue weighted by atomic mass is 32.1. The van der Waals surface area contributed by atoms with Crippen molar-refractivity contribution in [2.24, 2.45) is 0 Å². The van der Waals surface area contributed by atoms with Crippen LogP contribution in [0.3, 0.4) is 0 Å². The van der Waals surface area contributed by atoms with Gasteiger partial charge in [-0.2, -0.15) is 0 Å². The van der Waals surface area contributed by atoms with Crippen molar-refractivity contribution in [3.8, 4) is 0 Å². The minimum Gasteiger partial charge on any atom is -0.309 e. The number of thiophene rings is 1. The van der Waals surface area contributed by atoms with Gasteiger partial charge in [0, 0.05) is 30.3 Å². The van der Waals surface area contributed by atoms with Crippen molar-refractivity contribution >= 4 is 11.3 Å². The largest absolute Gasteiger partial charge is 0.309 e. The molecule has 0 atom stereocenters. The Morgan fingerprint density at radius 2 is 2.29 bits per heavy atom. The summed E-state index contributed by atoms with van der Waals surface area (Å²) in [5.74, 6) is -2.42. The van der Waals surface area contributed by atoms with Crippen LogP contribution >= 0.6 is 11.3 Å². The summed E-state index contributed by atoms with van der Waals surface area (Å²) in [5.41, 5.74) is 1.23. The van der Waals surface area contributed by atoms with Gasteiger partial charge in [-0.15, -0.1) is 11.3 Å². The summed E-state index contributed by atoms with van der Waals surface area (Å²) in [5, 5.41) is 5.17. The molecule has 1 N–H and O–H groups in total. The molecule has 4 heteroatoms. The van der Waals surface area contributed by atoms with Crippen LogP contribution in [0.2, 0.25) is 0 Å². The lowest BCUT2D eigenvalue weighted by molar-refractivity contribution is -0.0930. The van der Waals surface area contributed by atoms with Gasteiger partial charge < -0.3 is 5.32 Å². The molecule has 1 aromatic heterocycles. The maximum Gasteiger partial charge on any atom is 0.251 e. The van der Waals surface area contributed by atoms with Gasteiger partial charge >= 0.3 is 0 Å². The minimum atomic E-state index is -2.42. The maximum absolute atomic E-state index is 12.5. The second-order valence-corrected chi connectivity index (χ2v) is 4.96. The van der Waals surface area contributed by atoms with Gasteiger partial charge in [-0.1, -0.05) is 0 Å². The molecule has 1 aromatic rings. The van der Waals surface area contributed by atoms with Gasteiger partial charge in [0.1, 0.15) is 0 Å². The van der Waals surface area contributed by atoms with Crippen molar-refractivity contribution in [3.63, 3.8) is 0 Å². The summed E-state index contributed by atoms with van der Waals surface area (Å²) in [6, 6.07) is 2.05. The average Bonchev–Trinajstić information content (AvgIpc) is 2.44. The summed E-state index contributed by atoms with van der Waals surface area (Å²) >= 11 is 1.69.